The summed E-state index contributed by atoms with van der Waals surface area (Å²) in [5.74, 6) is 0.651. The summed E-state index contributed by atoms with van der Waals surface area (Å²) in [7, 11) is 1.74. The van der Waals surface area contributed by atoms with Crippen molar-refractivity contribution in [1.82, 2.24) is 9.88 Å². The molecule has 1 amide bonds. The fraction of sp³-hybridized carbons (Fsp3) is 0.462. The quantitative estimate of drug-likeness (QED) is 0.894. The summed E-state index contributed by atoms with van der Waals surface area (Å²) in [5.41, 5.74) is 0. The largest absolute Gasteiger partial charge is 0.480 e. The summed E-state index contributed by atoms with van der Waals surface area (Å²) in [4.78, 5) is 30.8. The Morgan fingerprint density at radius 1 is 1.57 bits per heavy atom. The highest BCUT2D eigenvalue weighted by Gasteiger charge is 2.32. The van der Waals surface area contributed by atoms with Crippen molar-refractivity contribution >= 4 is 41.1 Å². The normalized spacial score (nSPS) is 18.4. The van der Waals surface area contributed by atoms with Gasteiger partial charge in [-0.15, -0.1) is 0 Å². The topological polar surface area (TPSA) is 73.7 Å². The van der Waals surface area contributed by atoms with E-state index in [2.05, 4.69) is 4.98 Å². The lowest BCUT2D eigenvalue weighted by atomic mass is 10.2. The zero-order chi connectivity index (χ0) is 15.4. The van der Waals surface area contributed by atoms with E-state index in [1.54, 1.807) is 35.8 Å². The number of hydrogen-bond acceptors (Lipinski definition) is 5. The summed E-state index contributed by atoms with van der Waals surface area (Å²) in [5, 5.41) is 9.72. The standard InChI is InChI=1S/C13H16ClN3O3S/c1-16(11-3-2-9(14)6-15-11)7-12(18)17-4-5-21-8-10(17)13(19)20/h2-3,6,10H,4-5,7-8H2,1H3,(H,19,20). The Morgan fingerprint density at radius 2 is 2.33 bits per heavy atom. The van der Waals surface area contributed by atoms with Crippen LogP contribution in [0.4, 0.5) is 5.82 Å². The highest BCUT2D eigenvalue weighted by Crippen LogP contribution is 2.18. The maximum atomic E-state index is 12.3. The molecule has 1 N–H and O–H groups in total. The number of aliphatic carboxylic acids is 1. The summed E-state index contributed by atoms with van der Waals surface area (Å²) < 4.78 is 0. The van der Waals surface area contributed by atoms with Gasteiger partial charge in [-0.3, -0.25) is 4.79 Å². The lowest BCUT2D eigenvalue weighted by Gasteiger charge is -2.33. The monoisotopic (exact) mass is 329 g/mol. The number of carboxylic acids is 1. The zero-order valence-electron chi connectivity index (χ0n) is 11.5. The van der Waals surface area contributed by atoms with E-state index in [-0.39, 0.29) is 12.5 Å². The van der Waals surface area contributed by atoms with E-state index in [0.29, 0.717) is 23.1 Å². The lowest BCUT2D eigenvalue weighted by molar-refractivity contribution is -0.148. The minimum Gasteiger partial charge on any atom is -0.480 e. The third-order valence-electron chi connectivity index (χ3n) is 3.21. The second kappa shape index (κ2) is 7.00. The number of rotatable bonds is 4. The molecule has 21 heavy (non-hydrogen) atoms. The molecule has 0 aromatic carbocycles. The predicted molar refractivity (Wildman–Crippen MR) is 83.0 cm³/mol. The summed E-state index contributed by atoms with van der Waals surface area (Å²) in [6, 6.07) is 2.67. The second-order valence-electron chi connectivity index (χ2n) is 4.71. The van der Waals surface area contributed by atoms with Crippen LogP contribution >= 0.6 is 23.4 Å². The van der Waals surface area contributed by atoms with E-state index >= 15 is 0 Å². The van der Waals surface area contributed by atoms with Crippen LogP contribution in [0.25, 0.3) is 0 Å². The Bertz CT molecular complexity index is 526. The number of hydrogen-bond donors (Lipinski definition) is 1. The van der Waals surface area contributed by atoms with Crippen LogP contribution in [0.5, 0.6) is 0 Å². The number of anilines is 1. The van der Waals surface area contributed by atoms with E-state index in [9.17, 15) is 14.7 Å². The fourth-order valence-electron chi connectivity index (χ4n) is 2.08. The van der Waals surface area contributed by atoms with Crippen molar-refractivity contribution in [1.29, 1.82) is 0 Å². The predicted octanol–water partition coefficient (Wildman–Crippen LogP) is 1.20. The molecule has 0 bridgehead atoms. The Morgan fingerprint density at radius 3 is 2.95 bits per heavy atom. The van der Waals surface area contributed by atoms with Gasteiger partial charge in [-0.05, 0) is 12.1 Å². The van der Waals surface area contributed by atoms with E-state index in [1.807, 2.05) is 0 Å². The molecule has 1 fully saturated rings. The van der Waals surface area contributed by atoms with E-state index in [0.717, 1.165) is 5.75 Å². The van der Waals surface area contributed by atoms with E-state index < -0.39 is 12.0 Å². The Balaban J connectivity index is 2.02. The summed E-state index contributed by atoms with van der Waals surface area (Å²) in [6.45, 7) is 0.547. The molecule has 0 radical (unpaired) electrons. The maximum absolute atomic E-state index is 12.3. The molecule has 1 aliphatic heterocycles. The molecule has 0 spiro atoms. The minimum absolute atomic E-state index is 0.0864. The first-order valence-electron chi connectivity index (χ1n) is 6.41. The number of aromatic nitrogens is 1. The molecule has 1 aromatic heterocycles. The van der Waals surface area contributed by atoms with Gasteiger partial charge in [0.15, 0.2) is 0 Å². The van der Waals surface area contributed by atoms with Crippen molar-refractivity contribution in [2.45, 2.75) is 6.04 Å². The van der Waals surface area contributed by atoms with Crippen LogP contribution in [-0.2, 0) is 9.59 Å². The number of carbonyl (C=O) groups is 2. The molecular weight excluding hydrogens is 314 g/mol. The molecule has 1 unspecified atom stereocenters. The first kappa shape index (κ1) is 15.9. The van der Waals surface area contributed by atoms with Crippen molar-refractivity contribution in [3.05, 3.63) is 23.4 Å². The SMILES string of the molecule is CN(CC(=O)N1CCSCC1C(=O)O)c1ccc(Cl)cn1. The van der Waals surface area contributed by atoms with Crippen molar-refractivity contribution in [2.24, 2.45) is 0 Å². The molecule has 1 saturated heterocycles. The van der Waals surface area contributed by atoms with Crippen molar-refractivity contribution < 1.29 is 14.7 Å². The summed E-state index contributed by atoms with van der Waals surface area (Å²) in [6.07, 6.45) is 1.51. The van der Waals surface area contributed by atoms with Gasteiger partial charge in [-0.25, -0.2) is 9.78 Å². The van der Waals surface area contributed by atoms with Gasteiger partial charge in [0.25, 0.3) is 0 Å². The average Bonchev–Trinajstić information content (AvgIpc) is 2.47. The van der Waals surface area contributed by atoms with Gasteiger partial charge in [-0.2, -0.15) is 11.8 Å². The van der Waals surface area contributed by atoms with Crippen LogP contribution in [-0.4, -0.2) is 64.6 Å². The van der Waals surface area contributed by atoms with Gasteiger partial charge in [-0.1, -0.05) is 11.6 Å². The number of pyridine rings is 1. The molecule has 0 saturated carbocycles. The smallest absolute Gasteiger partial charge is 0.327 e. The summed E-state index contributed by atoms with van der Waals surface area (Å²) >= 11 is 7.33. The number of halogens is 1. The highest BCUT2D eigenvalue weighted by molar-refractivity contribution is 7.99. The second-order valence-corrected chi connectivity index (χ2v) is 6.29. The van der Waals surface area contributed by atoms with Crippen LogP contribution in [0.15, 0.2) is 18.3 Å². The number of nitrogens with zero attached hydrogens (tertiary/aromatic N) is 3. The van der Waals surface area contributed by atoms with Gasteiger partial charge in [0, 0.05) is 31.3 Å². The molecule has 2 rings (SSSR count). The third-order valence-corrected chi connectivity index (χ3v) is 4.46. The molecule has 8 heteroatoms. The average molecular weight is 330 g/mol. The first-order chi connectivity index (χ1) is 9.99. The van der Waals surface area contributed by atoms with Gasteiger partial charge in [0.1, 0.15) is 11.9 Å². The molecule has 114 valence electrons. The van der Waals surface area contributed by atoms with Gasteiger partial charge >= 0.3 is 5.97 Å². The van der Waals surface area contributed by atoms with Crippen molar-refractivity contribution in [3.63, 3.8) is 0 Å². The van der Waals surface area contributed by atoms with Crippen molar-refractivity contribution in [2.75, 3.05) is 36.5 Å². The first-order valence-corrected chi connectivity index (χ1v) is 7.95. The minimum atomic E-state index is -0.956. The molecule has 1 atom stereocenters. The maximum Gasteiger partial charge on any atom is 0.327 e. The molecule has 1 aliphatic rings. The Kier molecular flexibility index (Phi) is 5.30. The van der Waals surface area contributed by atoms with Crippen LogP contribution in [0.3, 0.4) is 0 Å². The lowest BCUT2D eigenvalue weighted by Crippen LogP contribution is -2.52. The number of amides is 1. The Hall–Kier alpha value is -1.47. The number of carbonyl (C=O) groups excluding carboxylic acids is 1. The van der Waals surface area contributed by atoms with Crippen LogP contribution in [0.1, 0.15) is 0 Å². The van der Waals surface area contributed by atoms with Crippen LogP contribution < -0.4 is 4.90 Å². The number of likely N-dealkylation sites (N-methyl/N-ethyl adjacent to an activating group) is 1. The zero-order valence-corrected chi connectivity index (χ0v) is 13.1. The van der Waals surface area contributed by atoms with Crippen LogP contribution in [0.2, 0.25) is 5.02 Å². The van der Waals surface area contributed by atoms with E-state index in [4.69, 9.17) is 11.6 Å². The van der Waals surface area contributed by atoms with Gasteiger partial charge in [0.05, 0.1) is 11.6 Å². The van der Waals surface area contributed by atoms with E-state index in [1.165, 1.54) is 11.1 Å². The third kappa shape index (κ3) is 4.01. The number of carboxylic acid groups (broad SMARTS) is 1. The molecular formula is C13H16ClN3O3S. The Labute approximate surface area is 132 Å². The molecule has 2 heterocycles. The van der Waals surface area contributed by atoms with Gasteiger partial charge < -0.3 is 14.9 Å². The van der Waals surface area contributed by atoms with Crippen molar-refractivity contribution in [3.8, 4) is 0 Å². The molecule has 1 aromatic rings. The molecule has 0 aliphatic carbocycles. The van der Waals surface area contributed by atoms with Crippen LogP contribution in [0, 0.1) is 0 Å². The number of thioether (sulfide) groups is 1. The molecule has 6 nitrogen and oxygen atoms in total. The fourth-order valence-corrected chi connectivity index (χ4v) is 3.23. The highest BCUT2D eigenvalue weighted by atomic mass is 35.5. The van der Waals surface area contributed by atoms with Gasteiger partial charge in [0.2, 0.25) is 5.91 Å².